The van der Waals surface area contributed by atoms with Crippen LogP contribution in [0.2, 0.25) is 0 Å². The summed E-state index contributed by atoms with van der Waals surface area (Å²) in [6, 6.07) is 12.2. The molecule has 0 aliphatic rings. The molecule has 0 aliphatic heterocycles. The van der Waals surface area contributed by atoms with Gasteiger partial charge in [0, 0.05) is 6.04 Å². The summed E-state index contributed by atoms with van der Waals surface area (Å²) < 4.78 is 1.90. The van der Waals surface area contributed by atoms with E-state index in [1.165, 1.54) is 12.5 Å². The second kappa shape index (κ2) is 8.57. The standard InChI is InChI=1S/C21H20N8O2/c1-13(2)29-12-24-28-19(29)16-8-5-9-18(25-16)27-20(30)14-6-3-4-7-15(14)26-21(31)17-10-22-11-23-17/h3-13H,1-2H3,(H,22,23)(H,26,31)(H,25,27,30). The van der Waals surface area contributed by atoms with Crippen molar-refractivity contribution in [3.05, 3.63) is 72.6 Å². The van der Waals surface area contributed by atoms with Crippen LogP contribution in [-0.2, 0) is 0 Å². The summed E-state index contributed by atoms with van der Waals surface area (Å²) in [6.45, 7) is 4.04. The Morgan fingerprint density at radius 3 is 2.65 bits per heavy atom. The van der Waals surface area contributed by atoms with E-state index in [1.54, 1.807) is 48.8 Å². The minimum atomic E-state index is -0.407. The van der Waals surface area contributed by atoms with Gasteiger partial charge in [0.05, 0.1) is 23.8 Å². The Morgan fingerprint density at radius 1 is 1.03 bits per heavy atom. The first-order valence-electron chi connectivity index (χ1n) is 9.60. The first-order chi connectivity index (χ1) is 15.0. The fraction of sp³-hybridized carbons (Fsp3) is 0.143. The number of hydrogen-bond donors (Lipinski definition) is 3. The normalized spacial score (nSPS) is 10.8. The zero-order valence-corrected chi connectivity index (χ0v) is 16.9. The predicted molar refractivity (Wildman–Crippen MR) is 115 cm³/mol. The number of hydrogen-bond acceptors (Lipinski definition) is 6. The second-order valence-corrected chi connectivity index (χ2v) is 6.98. The van der Waals surface area contributed by atoms with Crippen LogP contribution in [0.4, 0.5) is 11.5 Å². The molecule has 31 heavy (non-hydrogen) atoms. The van der Waals surface area contributed by atoms with Crippen LogP contribution in [0.5, 0.6) is 0 Å². The van der Waals surface area contributed by atoms with Crippen molar-refractivity contribution in [1.29, 1.82) is 0 Å². The molecule has 0 aliphatic carbocycles. The van der Waals surface area contributed by atoms with E-state index >= 15 is 0 Å². The number of pyridine rings is 1. The maximum absolute atomic E-state index is 12.9. The van der Waals surface area contributed by atoms with Crippen molar-refractivity contribution in [2.45, 2.75) is 19.9 Å². The van der Waals surface area contributed by atoms with Crippen molar-refractivity contribution in [3.63, 3.8) is 0 Å². The minimum absolute atomic E-state index is 0.162. The summed E-state index contributed by atoms with van der Waals surface area (Å²) >= 11 is 0. The van der Waals surface area contributed by atoms with Crippen LogP contribution in [0.15, 0.2) is 61.3 Å². The second-order valence-electron chi connectivity index (χ2n) is 6.98. The van der Waals surface area contributed by atoms with Crippen LogP contribution in [-0.4, -0.2) is 41.5 Å². The van der Waals surface area contributed by atoms with Gasteiger partial charge >= 0.3 is 0 Å². The molecule has 4 rings (SSSR count). The third-order valence-corrected chi connectivity index (χ3v) is 4.51. The van der Waals surface area contributed by atoms with E-state index in [4.69, 9.17) is 0 Å². The average Bonchev–Trinajstić information content (AvgIpc) is 3.46. The van der Waals surface area contributed by atoms with Crippen molar-refractivity contribution in [2.75, 3.05) is 10.6 Å². The number of carbonyl (C=O) groups is 2. The number of rotatable bonds is 6. The minimum Gasteiger partial charge on any atom is -0.341 e. The zero-order valence-electron chi connectivity index (χ0n) is 16.9. The molecule has 0 unspecified atom stereocenters. The number of imidazole rings is 1. The highest BCUT2D eigenvalue weighted by atomic mass is 16.2. The number of anilines is 2. The van der Waals surface area contributed by atoms with Crippen LogP contribution in [0.1, 0.15) is 40.7 Å². The van der Waals surface area contributed by atoms with E-state index in [1.807, 2.05) is 18.4 Å². The number of H-pyrrole nitrogens is 1. The highest BCUT2D eigenvalue weighted by Crippen LogP contribution is 2.21. The van der Waals surface area contributed by atoms with Gasteiger partial charge in [0.1, 0.15) is 23.5 Å². The maximum atomic E-state index is 12.9. The number of nitrogens with one attached hydrogen (secondary N) is 3. The van der Waals surface area contributed by atoms with E-state index in [9.17, 15) is 9.59 Å². The van der Waals surface area contributed by atoms with Gasteiger partial charge in [0.25, 0.3) is 11.8 Å². The molecular formula is C21H20N8O2. The van der Waals surface area contributed by atoms with Gasteiger partial charge < -0.3 is 20.2 Å². The lowest BCUT2D eigenvalue weighted by atomic mass is 10.1. The van der Waals surface area contributed by atoms with E-state index in [-0.39, 0.29) is 6.04 Å². The average molecular weight is 416 g/mol. The van der Waals surface area contributed by atoms with Crippen molar-refractivity contribution >= 4 is 23.3 Å². The smallest absolute Gasteiger partial charge is 0.273 e. The van der Waals surface area contributed by atoms with Crippen LogP contribution in [0, 0.1) is 0 Å². The summed E-state index contributed by atoms with van der Waals surface area (Å²) in [5.41, 5.74) is 1.55. The number of para-hydroxylation sites is 1. The molecule has 0 spiro atoms. The lowest BCUT2D eigenvalue weighted by Crippen LogP contribution is -2.19. The Bertz CT molecular complexity index is 1210. The van der Waals surface area contributed by atoms with Crippen molar-refractivity contribution < 1.29 is 9.59 Å². The molecule has 3 heterocycles. The quantitative estimate of drug-likeness (QED) is 0.443. The Hall–Kier alpha value is -4.34. The lowest BCUT2D eigenvalue weighted by Gasteiger charge is -2.12. The summed E-state index contributed by atoms with van der Waals surface area (Å²) in [5.74, 6) is 0.162. The van der Waals surface area contributed by atoms with E-state index in [0.717, 1.165) is 0 Å². The summed E-state index contributed by atoms with van der Waals surface area (Å²) in [4.78, 5) is 36.3. The molecule has 0 bridgehead atoms. The number of amides is 2. The van der Waals surface area contributed by atoms with Crippen LogP contribution < -0.4 is 10.6 Å². The van der Waals surface area contributed by atoms with E-state index in [0.29, 0.717) is 34.3 Å². The Balaban J connectivity index is 1.56. The van der Waals surface area contributed by atoms with Gasteiger partial charge in [-0.1, -0.05) is 18.2 Å². The van der Waals surface area contributed by atoms with Crippen LogP contribution in [0.3, 0.4) is 0 Å². The number of aromatic amines is 1. The van der Waals surface area contributed by atoms with Crippen molar-refractivity contribution in [2.24, 2.45) is 0 Å². The highest BCUT2D eigenvalue weighted by Gasteiger charge is 2.16. The predicted octanol–water partition coefficient (Wildman–Crippen LogP) is 3.15. The molecular weight excluding hydrogens is 396 g/mol. The number of benzene rings is 1. The van der Waals surface area contributed by atoms with E-state index < -0.39 is 11.8 Å². The third-order valence-electron chi connectivity index (χ3n) is 4.51. The fourth-order valence-corrected chi connectivity index (χ4v) is 2.98. The van der Waals surface area contributed by atoms with Crippen molar-refractivity contribution in [3.8, 4) is 11.5 Å². The molecule has 0 radical (unpaired) electrons. The zero-order chi connectivity index (χ0) is 21.8. The molecule has 3 N–H and O–H groups in total. The third kappa shape index (κ3) is 4.32. The van der Waals surface area contributed by atoms with Crippen LogP contribution in [0.25, 0.3) is 11.5 Å². The first-order valence-corrected chi connectivity index (χ1v) is 9.60. The Morgan fingerprint density at radius 2 is 1.87 bits per heavy atom. The van der Waals surface area contributed by atoms with Gasteiger partial charge in [-0.15, -0.1) is 10.2 Å². The molecule has 1 aromatic carbocycles. The van der Waals surface area contributed by atoms with Gasteiger partial charge in [-0.25, -0.2) is 9.97 Å². The van der Waals surface area contributed by atoms with Gasteiger partial charge in [0.2, 0.25) is 0 Å². The Labute approximate surface area is 177 Å². The molecule has 10 heteroatoms. The number of carbonyl (C=O) groups excluding carboxylic acids is 2. The number of aromatic nitrogens is 6. The van der Waals surface area contributed by atoms with Gasteiger partial charge in [0.15, 0.2) is 5.82 Å². The molecule has 0 atom stereocenters. The summed E-state index contributed by atoms with van der Waals surface area (Å²) in [6.07, 6.45) is 4.46. The van der Waals surface area contributed by atoms with Gasteiger partial charge in [-0.3, -0.25) is 9.59 Å². The molecule has 0 saturated carbocycles. The van der Waals surface area contributed by atoms with Crippen LogP contribution >= 0.6 is 0 Å². The maximum Gasteiger partial charge on any atom is 0.273 e. The lowest BCUT2D eigenvalue weighted by molar-refractivity contribution is 0.102. The molecule has 0 fully saturated rings. The first kappa shape index (κ1) is 20.0. The van der Waals surface area contributed by atoms with E-state index in [2.05, 4.69) is 35.8 Å². The SMILES string of the molecule is CC(C)n1cnnc1-c1cccc(NC(=O)c2ccccc2NC(=O)c2cnc[nH]2)n1. The molecule has 156 valence electrons. The molecule has 0 saturated heterocycles. The highest BCUT2D eigenvalue weighted by molar-refractivity contribution is 6.11. The largest absolute Gasteiger partial charge is 0.341 e. The fourth-order valence-electron chi connectivity index (χ4n) is 2.98. The summed E-state index contributed by atoms with van der Waals surface area (Å²) in [5, 5.41) is 13.6. The Kier molecular flexibility index (Phi) is 5.52. The molecule has 2 amide bonds. The summed E-state index contributed by atoms with van der Waals surface area (Å²) in [7, 11) is 0. The topological polar surface area (TPSA) is 130 Å². The van der Waals surface area contributed by atoms with Gasteiger partial charge in [-0.2, -0.15) is 0 Å². The molecule has 10 nitrogen and oxygen atoms in total. The van der Waals surface area contributed by atoms with Crippen molar-refractivity contribution in [1.82, 2.24) is 29.7 Å². The number of nitrogens with zero attached hydrogens (tertiary/aromatic N) is 5. The molecule has 3 aromatic heterocycles. The van der Waals surface area contributed by atoms with Gasteiger partial charge in [-0.05, 0) is 38.1 Å². The monoisotopic (exact) mass is 416 g/mol. The molecule has 4 aromatic rings.